The number of rotatable bonds is 15. The highest BCUT2D eigenvalue weighted by Gasteiger charge is 2.34. The number of amides is 2. The lowest BCUT2D eigenvalue weighted by Gasteiger charge is -2.34. The van der Waals surface area contributed by atoms with Crippen LogP contribution in [0.15, 0.2) is 76.5 Å². The Labute approximate surface area is 275 Å². The molecule has 0 fully saturated rings. The van der Waals surface area contributed by atoms with Crippen molar-refractivity contribution in [1.29, 1.82) is 0 Å². The summed E-state index contributed by atoms with van der Waals surface area (Å²) >= 11 is 14.1. The first kappa shape index (κ1) is 35.6. The normalized spacial score (nSPS) is 12.7. The summed E-state index contributed by atoms with van der Waals surface area (Å²) in [6.07, 6.45) is 2.90. The molecule has 0 aliphatic rings. The number of hydrogen-bond acceptors (Lipinski definition) is 6. The van der Waals surface area contributed by atoms with E-state index in [1.54, 1.807) is 61.5 Å². The van der Waals surface area contributed by atoms with Gasteiger partial charge < -0.3 is 15.0 Å². The highest BCUT2D eigenvalue weighted by atomic mass is 35.5. The van der Waals surface area contributed by atoms with Gasteiger partial charge in [-0.05, 0) is 99.2 Å². The van der Waals surface area contributed by atoms with Crippen molar-refractivity contribution in [3.8, 4) is 5.75 Å². The summed E-state index contributed by atoms with van der Waals surface area (Å²) in [7, 11) is -4.20. The number of carbonyl (C=O) groups excluding carboxylic acids is 2. The number of hydrogen-bond donors (Lipinski definition) is 1. The second-order valence-electron chi connectivity index (χ2n) is 10.1. The fourth-order valence-electron chi connectivity index (χ4n) is 4.47. The van der Waals surface area contributed by atoms with Gasteiger partial charge in [0, 0.05) is 27.5 Å². The molecule has 3 aromatic rings. The predicted molar refractivity (Wildman–Crippen MR) is 179 cm³/mol. The topological polar surface area (TPSA) is 96.0 Å². The maximum absolute atomic E-state index is 14.3. The quantitative estimate of drug-likeness (QED) is 0.173. The van der Waals surface area contributed by atoms with Crippen LogP contribution in [0.2, 0.25) is 10.0 Å². The van der Waals surface area contributed by atoms with Crippen LogP contribution in [0.4, 0.5) is 5.69 Å². The number of thioether (sulfide) groups is 1. The van der Waals surface area contributed by atoms with Crippen molar-refractivity contribution in [2.24, 2.45) is 0 Å². The molecule has 3 aromatic carbocycles. The van der Waals surface area contributed by atoms with Gasteiger partial charge >= 0.3 is 0 Å². The molecule has 2 atom stereocenters. The molecule has 0 spiro atoms. The second-order valence-corrected chi connectivity index (χ2v) is 13.7. The number of ether oxygens (including phenoxy) is 1. The van der Waals surface area contributed by atoms with Crippen LogP contribution in [-0.2, 0) is 26.2 Å². The summed E-state index contributed by atoms with van der Waals surface area (Å²) < 4.78 is 34.8. The molecule has 1 N–H and O–H groups in total. The average Bonchev–Trinajstić information content (AvgIpc) is 3.01. The highest BCUT2D eigenvalue weighted by molar-refractivity contribution is 7.98. The summed E-state index contributed by atoms with van der Waals surface area (Å²) in [5, 5.41) is 3.72. The summed E-state index contributed by atoms with van der Waals surface area (Å²) in [4.78, 5) is 30.0. The zero-order chi connectivity index (χ0) is 32.4. The van der Waals surface area contributed by atoms with Crippen LogP contribution >= 0.6 is 35.0 Å². The number of carbonyl (C=O) groups is 2. The van der Waals surface area contributed by atoms with E-state index in [0.29, 0.717) is 40.8 Å². The third-order valence-electron chi connectivity index (χ3n) is 7.10. The van der Waals surface area contributed by atoms with E-state index >= 15 is 0 Å². The molecule has 238 valence electrons. The molecule has 2 amide bonds. The number of nitrogens with zero attached hydrogens (tertiary/aromatic N) is 2. The van der Waals surface area contributed by atoms with Gasteiger partial charge in [-0.3, -0.25) is 13.9 Å². The fraction of sp³-hybridized carbons (Fsp3) is 0.375. The third-order valence-corrected chi connectivity index (χ3v) is 10.2. The van der Waals surface area contributed by atoms with E-state index in [1.165, 1.54) is 28.8 Å². The Morgan fingerprint density at radius 3 is 2.16 bits per heavy atom. The van der Waals surface area contributed by atoms with Crippen LogP contribution < -0.4 is 14.4 Å². The zero-order valence-electron chi connectivity index (χ0n) is 25.5. The van der Waals surface area contributed by atoms with Gasteiger partial charge in [0.25, 0.3) is 10.0 Å². The second kappa shape index (κ2) is 16.4. The molecule has 0 unspecified atom stereocenters. The molecular formula is C32H39Cl2N3O5S2. The lowest BCUT2D eigenvalue weighted by atomic mass is 10.1. The molecule has 8 nitrogen and oxygen atoms in total. The van der Waals surface area contributed by atoms with Crippen LogP contribution in [0.25, 0.3) is 0 Å². The van der Waals surface area contributed by atoms with Crippen LogP contribution in [-0.4, -0.2) is 56.6 Å². The molecule has 0 aromatic heterocycles. The van der Waals surface area contributed by atoms with E-state index in [-0.39, 0.29) is 29.1 Å². The molecule has 0 heterocycles. The smallest absolute Gasteiger partial charge is 0.264 e. The van der Waals surface area contributed by atoms with E-state index in [2.05, 4.69) is 5.32 Å². The summed E-state index contributed by atoms with van der Waals surface area (Å²) in [6.45, 7) is 7.35. The standard InChI is InChI=1S/C32H39Cl2N3O5S2/c1-6-22(4)35-32(39)30(7-2)36(20-23-9-10-24(33)19-29(23)34)31(38)21-37(25-11-13-26(14-12-25)42-8-3)44(40,41)28-17-15-27(43-5)16-18-28/h9-19,22,30H,6-8,20-21H2,1-5H3,(H,35,39)/t22-,30-/m1/s1. The number of anilines is 1. The van der Waals surface area contributed by atoms with Gasteiger partial charge in [-0.25, -0.2) is 8.42 Å². The summed E-state index contributed by atoms with van der Waals surface area (Å²) in [6, 6.07) is 16.9. The molecule has 44 heavy (non-hydrogen) atoms. The van der Waals surface area contributed by atoms with Crippen LogP contribution in [0.1, 0.15) is 46.1 Å². The summed E-state index contributed by atoms with van der Waals surface area (Å²) in [5.41, 5.74) is 0.847. The predicted octanol–water partition coefficient (Wildman–Crippen LogP) is 7.03. The molecule has 0 aliphatic carbocycles. The van der Waals surface area contributed by atoms with E-state index in [1.807, 2.05) is 27.0 Å². The van der Waals surface area contributed by atoms with Crippen molar-refractivity contribution >= 4 is 62.5 Å². The van der Waals surface area contributed by atoms with Crippen molar-refractivity contribution in [1.82, 2.24) is 10.2 Å². The van der Waals surface area contributed by atoms with Crippen molar-refractivity contribution in [2.45, 2.75) is 69.0 Å². The molecule has 3 rings (SSSR count). The molecule has 0 saturated carbocycles. The Bertz CT molecular complexity index is 1520. The van der Waals surface area contributed by atoms with E-state index in [9.17, 15) is 18.0 Å². The van der Waals surface area contributed by atoms with E-state index in [4.69, 9.17) is 27.9 Å². The fourth-order valence-corrected chi connectivity index (χ4v) is 6.76. The van der Waals surface area contributed by atoms with Crippen LogP contribution in [0, 0.1) is 0 Å². The molecule has 0 aliphatic heterocycles. The van der Waals surface area contributed by atoms with Crippen molar-refractivity contribution < 1.29 is 22.7 Å². The third kappa shape index (κ3) is 9.06. The Kier molecular flexibility index (Phi) is 13.3. The minimum atomic E-state index is -4.20. The first-order chi connectivity index (χ1) is 20.9. The Balaban J connectivity index is 2.09. The molecular weight excluding hydrogens is 641 g/mol. The molecule has 12 heteroatoms. The maximum atomic E-state index is 14.3. The van der Waals surface area contributed by atoms with Gasteiger partial charge in [-0.15, -0.1) is 11.8 Å². The lowest BCUT2D eigenvalue weighted by Crippen LogP contribution is -2.53. The van der Waals surface area contributed by atoms with Crippen molar-refractivity contribution in [3.05, 3.63) is 82.3 Å². The zero-order valence-corrected chi connectivity index (χ0v) is 28.7. The molecule has 0 saturated heterocycles. The van der Waals surface area contributed by atoms with Crippen molar-refractivity contribution in [3.63, 3.8) is 0 Å². The van der Waals surface area contributed by atoms with Crippen LogP contribution in [0.5, 0.6) is 5.75 Å². The van der Waals surface area contributed by atoms with Gasteiger partial charge in [0.2, 0.25) is 11.8 Å². The lowest BCUT2D eigenvalue weighted by molar-refractivity contribution is -0.140. The van der Waals surface area contributed by atoms with Gasteiger partial charge in [0.1, 0.15) is 18.3 Å². The number of nitrogens with one attached hydrogen (secondary N) is 1. The van der Waals surface area contributed by atoms with E-state index < -0.39 is 28.5 Å². The minimum Gasteiger partial charge on any atom is -0.494 e. The number of benzene rings is 3. The SMILES string of the molecule is CCOc1ccc(N(CC(=O)N(Cc2ccc(Cl)cc2Cl)[C@H](CC)C(=O)N[C@H](C)CC)S(=O)(=O)c2ccc(SC)cc2)cc1. The molecule has 0 bridgehead atoms. The number of sulfonamides is 1. The summed E-state index contributed by atoms with van der Waals surface area (Å²) in [5.74, 6) is -0.334. The Hall–Kier alpha value is -2.92. The first-order valence-electron chi connectivity index (χ1n) is 14.4. The number of halogens is 2. The van der Waals surface area contributed by atoms with Gasteiger partial charge in [0.05, 0.1) is 17.2 Å². The van der Waals surface area contributed by atoms with Gasteiger partial charge in [0.15, 0.2) is 0 Å². The van der Waals surface area contributed by atoms with Crippen LogP contribution in [0.3, 0.4) is 0 Å². The largest absolute Gasteiger partial charge is 0.494 e. The average molecular weight is 681 g/mol. The van der Waals surface area contributed by atoms with Gasteiger partial charge in [-0.2, -0.15) is 0 Å². The maximum Gasteiger partial charge on any atom is 0.264 e. The Morgan fingerprint density at radius 2 is 1.61 bits per heavy atom. The molecule has 0 radical (unpaired) electrons. The first-order valence-corrected chi connectivity index (χ1v) is 17.8. The minimum absolute atomic E-state index is 0.0269. The monoisotopic (exact) mass is 679 g/mol. The van der Waals surface area contributed by atoms with E-state index in [0.717, 1.165) is 9.20 Å². The van der Waals surface area contributed by atoms with Gasteiger partial charge in [-0.1, -0.05) is 43.1 Å². The highest BCUT2D eigenvalue weighted by Crippen LogP contribution is 2.29. The van der Waals surface area contributed by atoms with Crippen molar-refractivity contribution in [2.75, 3.05) is 23.7 Å². The Morgan fingerprint density at radius 1 is 0.955 bits per heavy atom.